The van der Waals surface area contributed by atoms with Crippen LogP contribution in [0.5, 0.6) is 0 Å². The van der Waals surface area contributed by atoms with Crippen molar-refractivity contribution in [1.82, 2.24) is 10.8 Å². The molecule has 0 aliphatic rings. The maximum atomic E-state index is 8.63. The van der Waals surface area contributed by atoms with E-state index in [0.717, 1.165) is 19.3 Å². The van der Waals surface area contributed by atoms with Crippen molar-refractivity contribution in [2.45, 2.75) is 58.7 Å². The maximum absolute atomic E-state index is 8.63. The number of nitrogens with zero attached hydrogens (tertiary/aromatic N) is 2. The molecular weight excluding hydrogens is 244 g/mol. The average molecular weight is 268 g/mol. The average Bonchev–Trinajstić information content (AvgIpc) is 2.25. The molecular formula is C10H24N2O6. The number of hydrogen-bond acceptors (Lipinski definition) is 8. The minimum Gasteiger partial charge on any atom is -0.266 e. The van der Waals surface area contributed by atoms with Gasteiger partial charge in [0.1, 0.15) is 12.2 Å². The van der Waals surface area contributed by atoms with Gasteiger partial charge in [-0.3, -0.25) is 20.8 Å². The second-order valence-electron chi connectivity index (χ2n) is 4.40. The van der Waals surface area contributed by atoms with Gasteiger partial charge >= 0.3 is 0 Å². The lowest BCUT2D eigenvalue weighted by Crippen LogP contribution is -2.37. The van der Waals surface area contributed by atoms with Gasteiger partial charge < -0.3 is 0 Å². The standard InChI is InChI=1S/C10H24N2O6/c1-4-8(2)6-5-7-10(18-12(15)16)9(3)17-11(13)14/h8-10,13-16H,4-7H2,1-3H3/t8?,9-,10-/m1/s1. The van der Waals surface area contributed by atoms with Crippen molar-refractivity contribution in [3.8, 4) is 0 Å². The third-order valence-electron chi connectivity index (χ3n) is 2.90. The van der Waals surface area contributed by atoms with Gasteiger partial charge in [0, 0.05) is 0 Å². The fourth-order valence-corrected chi connectivity index (χ4v) is 1.58. The SMILES string of the molecule is CCC(C)CCC[C@@H](ON(O)O)[C@@H](C)ON(O)O. The van der Waals surface area contributed by atoms with Gasteiger partial charge in [0.15, 0.2) is 0 Å². The number of hydrogen-bond donors (Lipinski definition) is 4. The van der Waals surface area contributed by atoms with Crippen LogP contribution in [-0.4, -0.2) is 43.8 Å². The second-order valence-corrected chi connectivity index (χ2v) is 4.40. The third-order valence-corrected chi connectivity index (χ3v) is 2.90. The molecule has 0 fully saturated rings. The van der Waals surface area contributed by atoms with E-state index in [1.807, 2.05) is 0 Å². The molecule has 0 radical (unpaired) electrons. The largest absolute Gasteiger partial charge is 0.266 e. The van der Waals surface area contributed by atoms with Crippen molar-refractivity contribution >= 4 is 0 Å². The molecule has 0 saturated heterocycles. The zero-order chi connectivity index (χ0) is 14.1. The lowest BCUT2D eigenvalue weighted by atomic mass is 9.99. The summed E-state index contributed by atoms with van der Waals surface area (Å²) >= 11 is 0. The fraction of sp³-hybridized carbons (Fsp3) is 1.00. The molecule has 8 nitrogen and oxygen atoms in total. The van der Waals surface area contributed by atoms with Crippen molar-refractivity contribution in [1.29, 1.82) is 0 Å². The van der Waals surface area contributed by atoms with E-state index >= 15 is 0 Å². The molecule has 0 bridgehead atoms. The highest BCUT2D eigenvalue weighted by molar-refractivity contribution is 4.65. The molecule has 1 unspecified atom stereocenters. The van der Waals surface area contributed by atoms with Crippen molar-refractivity contribution in [2.75, 3.05) is 0 Å². The first-order valence-electron chi connectivity index (χ1n) is 6.06. The summed E-state index contributed by atoms with van der Waals surface area (Å²) in [5, 5.41) is 33.5. The van der Waals surface area contributed by atoms with Gasteiger partial charge in [-0.1, -0.05) is 33.1 Å². The van der Waals surface area contributed by atoms with Gasteiger partial charge in [-0.2, -0.15) is 0 Å². The Bertz CT molecular complexity index is 205. The van der Waals surface area contributed by atoms with E-state index in [9.17, 15) is 0 Å². The Kier molecular flexibility index (Phi) is 9.42. The van der Waals surface area contributed by atoms with Crippen LogP contribution in [0.2, 0.25) is 0 Å². The normalized spacial score (nSPS) is 17.2. The Morgan fingerprint density at radius 1 is 0.944 bits per heavy atom. The molecule has 0 spiro atoms. The van der Waals surface area contributed by atoms with Crippen LogP contribution < -0.4 is 0 Å². The van der Waals surface area contributed by atoms with Crippen molar-refractivity contribution in [3.63, 3.8) is 0 Å². The topological polar surface area (TPSA) is 106 Å². The van der Waals surface area contributed by atoms with Crippen LogP contribution in [0.15, 0.2) is 0 Å². The molecule has 0 aromatic carbocycles. The van der Waals surface area contributed by atoms with Gasteiger partial charge in [-0.15, -0.1) is 0 Å². The fourth-order valence-electron chi connectivity index (χ4n) is 1.58. The van der Waals surface area contributed by atoms with Crippen LogP contribution in [0.4, 0.5) is 0 Å². The molecule has 110 valence electrons. The zero-order valence-corrected chi connectivity index (χ0v) is 11.1. The van der Waals surface area contributed by atoms with E-state index in [2.05, 4.69) is 18.7 Å². The Morgan fingerprint density at radius 3 is 1.94 bits per heavy atom. The minimum absolute atomic E-state index is 0.396. The molecule has 0 saturated carbocycles. The predicted octanol–water partition coefficient (Wildman–Crippen LogP) is 1.98. The van der Waals surface area contributed by atoms with E-state index in [0.29, 0.717) is 12.3 Å². The van der Waals surface area contributed by atoms with Crippen LogP contribution in [0, 0.1) is 5.92 Å². The minimum atomic E-state index is -0.751. The monoisotopic (exact) mass is 268 g/mol. The van der Waals surface area contributed by atoms with Crippen LogP contribution in [0.1, 0.15) is 46.5 Å². The molecule has 0 aliphatic carbocycles. The summed E-state index contributed by atoms with van der Waals surface area (Å²) in [5.74, 6) is 0.577. The first-order valence-corrected chi connectivity index (χ1v) is 6.06. The van der Waals surface area contributed by atoms with Gasteiger partial charge in [-0.25, -0.2) is 9.68 Å². The molecule has 18 heavy (non-hydrogen) atoms. The van der Waals surface area contributed by atoms with Crippen molar-refractivity contribution in [2.24, 2.45) is 5.92 Å². The van der Waals surface area contributed by atoms with Gasteiger partial charge in [-0.05, 0) is 19.3 Å². The van der Waals surface area contributed by atoms with Crippen LogP contribution in [0.3, 0.4) is 0 Å². The summed E-state index contributed by atoms with van der Waals surface area (Å²) in [6.07, 6.45) is 1.89. The van der Waals surface area contributed by atoms with Crippen LogP contribution in [-0.2, 0) is 9.68 Å². The van der Waals surface area contributed by atoms with Crippen LogP contribution in [0.25, 0.3) is 0 Å². The molecule has 0 aromatic heterocycles. The molecule has 0 heterocycles. The lowest BCUT2D eigenvalue weighted by molar-refractivity contribution is -0.537. The summed E-state index contributed by atoms with van der Waals surface area (Å²) in [5.41, 5.74) is 0. The van der Waals surface area contributed by atoms with E-state index in [-0.39, 0.29) is 0 Å². The maximum Gasteiger partial charge on any atom is 0.112 e. The summed E-state index contributed by atoms with van der Waals surface area (Å²) < 4.78 is 0. The molecule has 0 aliphatic heterocycles. The van der Waals surface area contributed by atoms with E-state index < -0.39 is 23.0 Å². The smallest absolute Gasteiger partial charge is 0.112 e. The highest BCUT2D eigenvalue weighted by Crippen LogP contribution is 2.17. The van der Waals surface area contributed by atoms with E-state index in [1.54, 1.807) is 0 Å². The van der Waals surface area contributed by atoms with E-state index in [4.69, 9.17) is 25.7 Å². The molecule has 0 aromatic rings. The van der Waals surface area contributed by atoms with Gasteiger partial charge in [0.2, 0.25) is 0 Å². The third kappa shape index (κ3) is 8.72. The molecule has 0 amide bonds. The Balaban J connectivity index is 4.13. The molecule has 4 N–H and O–H groups in total. The molecule has 3 atom stereocenters. The summed E-state index contributed by atoms with van der Waals surface area (Å²) in [6.45, 7) is 5.75. The zero-order valence-electron chi connectivity index (χ0n) is 11.1. The van der Waals surface area contributed by atoms with Gasteiger partial charge in [0.05, 0.1) is 10.8 Å². The summed E-state index contributed by atoms with van der Waals surface area (Å²) in [4.78, 5) is 9.27. The van der Waals surface area contributed by atoms with Gasteiger partial charge in [0.25, 0.3) is 0 Å². The van der Waals surface area contributed by atoms with Crippen molar-refractivity contribution < 1.29 is 30.5 Å². The Labute approximate surface area is 107 Å². The Hall–Kier alpha value is -0.320. The summed E-state index contributed by atoms with van der Waals surface area (Å²) in [6, 6.07) is 0. The van der Waals surface area contributed by atoms with E-state index in [1.165, 1.54) is 6.92 Å². The first kappa shape index (κ1) is 17.7. The highest BCUT2D eigenvalue weighted by atomic mass is 17.1. The predicted molar refractivity (Wildman–Crippen MR) is 59.6 cm³/mol. The second kappa shape index (κ2) is 9.59. The molecule has 8 heteroatoms. The number of rotatable bonds is 10. The quantitative estimate of drug-likeness (QED) is 0.446. The molecule has 0 rings (SSSR count). The summed E-state index contributed by atoms with van der Waals surface area (Å²) in [7, 11) is 0. The van der Waals surface area contributed by atoms with Crippen LogP contribution >= 0.6 is 0 Å². The first-order chi connectivity index (χ1) is 8.36. The Morgan fingerprint density at radius 2 is 1.50 bits per heavy atom. The lowest BCUT2D eigenvalue weighted by Gasteiger charge is -2.25. The highest BCUT2D eigenvalue weighted by Gasteiger charge is 2.23. The van der Waals surface area contributed by atoms with Crippen molar-refractivity contribution in [3.05, 3.63) is 0 Å².